The molecule has 17 heavy (non-hydrogen) atoms. The van der Waals surface area contributed by atoms with Gasteiger partial charge in [-0.25, -0.2) is 0 Å². The lowest BCUT2D eigenvalue weighted by atomic mass is 10.6. The molecule has 0 N–H and O–H groups in total. The van der Waals surface area contributed by atoms with Crippen LogP contribution >= 0.6 is 11.3 Å². The molecule has 0 aliphatic carbocycles. The molecule has 5 heteroatoms. The fourth-order valence-electron chi connectivity index (χ4n) is 1.01. The van der Waals surface area contributed by atoms with Crippen molar-refractivity contribution in [1.82, 2.24) is 0 Å². The van der Waals surface area contributed by atoms with Gasteiger partial charge in [-0.1, -0.05) is 24.5 Å². The maximum absolute atomic E-state index is 5.43. The van der Waals surface area contributed by atoms with E-state index in [9.17, 15) is 0 Å². The van der Waals surface area contributed by atoms with Crippen LogP contribution in [0.3, 0.4) is 0 Å². The van der Waals surface area contributed by atoms with Gasteiger partial charge in [0.2, 0.25) is 0 Å². The van der Waals surface area contributed by atoms with Crippen LogP contribution in [0.4, 0.5) is 0 Å². The van der Waals surface area contributed by atoms with Gasteiger partial charge in [0.15, 0.2) is 10.1 Å². The van der Waals surface area contributed by atoms with Gasteiger partial charge in [-0.15, -0.1) is 0 Å². The molecule has 1 heterocycles. The zero-order valence-electron chi connectivity index (χ0n) is 9.59. The van der Waals surface area contributed by atoms with Crippen LogP contribution in [0.2, 0.25) is 0 Å². The predicted molar refractivity (Wildman–Crippen MR) is 67.6 cm³/mol. The van der Waals surface area contributed by atoms with E-state index in [0.29, 0.717) is 26.4 Å². The van der Waals surface area contributed by atoms with Gasteiger partial charge < -0.3 is 18.9 Å². The summed E-state index contributed by atoms with van der Waals surface area (Å²) >= 11 is 1.44. The first-order chi connectivity index (χ1) is 8.36. The molecule has 0 atom stereocenters. The summed E-state index contributed by atoms with van der Waals surface area (Å²) in [5, 5.41) is 1.61. The van der Waals surface area contributed by atoms with Crippen molar-refractivity contribution in [2.45, 2.75) is 0 Å². The Morgan fingerprint density at radius 2 is 1.35 bits per heavy atom. The summed E-state index contributed by atoms with van der Waals surface area (Å²) in [7, 11) is 0. The molecule has 0 spiro atoms. The van der Waals surface area contributed by atoms with Crippen LogP contribution in [0.1, 0.15) is 0 Å². The van der Waals surface area contributed by atoms with Crippen LogP contribution in [-0.4, -0.2) is 26.4 Å². The molecule has 0 radical (unpaired) electrons. The smallest absolute Gasteiger partial charge is 0.177 e. The predicted octanol–water partition coefficient (Wildman–Crippen LogP) is 2.83. The minimum Gasteiger partial charge on any atom is -0.498 e. The zero-order valence-corrected chi connectivity index (χ0v) is 10.4. The largest absolute Gasteiger partial charge is 0.498 e. The first-order valence-electron chi connectivity index (χ1n) is 5.17. The molecule has 1 aromatic heterocycles. The van der Waals surface area contributed by atoms with Crippen molar-refractivity contribution in [2.24, 2.45) is 0 Å². The van der Waals surface area contributed by atoms with Gasteiger partial charge in [0.1, 0.15) is 26.4 Å². The van der Waals surface area contributed by atoms with Crippen molar-refractivity contribution in [1.29, 1.82) is 0 Å². The van der Waals surface area contributed by atoms with E-state index in [1.54, 1.807) is 0 Å². The van der Waals surface area contributed by atoms with Gasteiger partial charge in [0.05, 0.1) is 12.5 Å². The van der Waals surface area contributed by atoms with Gasteiger partial charge in [0, 0.05) is 0 Å². The van der Waals surface area contributed by atoms with Crippen molar-refractivity contribution in [3.8, 4) is 10.1 Å². The lowest BCUT2D eigenvalue weighted by Crippen LogP contribution is -2.03. The molecule has 0 amide bonds. The fraction of sp³-hybridized carbons (Fsp3) is 0.333. The number of ether oxygens (including phenoxy) is 4. The van der Waals surface area contributed by atoms with E-state index in [2.05, 4.69) is 13.2 Å². The maximum Gasteiger partial charge on any atom is 0.177 e. The fourth-order valence-corrected chi connectivity index (χ4v) is 1.76. The second-order valence-corrected chi connectivity index (χ2v) is 3.85. The van der Waals surface area contributed by atoms with Crippen molar-refractivity contribution >= 4 is 11.3 Å². The zero-order chi connectivity index (χ0) is 12.3. The minimum absolute atomic E-state index is 0.491. The summed E-state index contributed by atoms with van der Waals surface area (Å²) in [6, 6.07) is 3.73. The van der Waals surface area contributed by atoms with Crippen molar-refractivity contribution in [3.05, 3.63) is 37.8 Å². The molecule has 0 saturated carbocycles. The van der Waals surface area contributed by atoms with Crippen molar-refractivity contribution in [3.63, 3.8) is 0 Å². The summed E-state index contributed by atoms with van der Waals surface area (Å²) in [6.07, 6.45) is 2.79. The molecule has 1 rings (SSSR count). The molecule has 0 fully saturated rings. The van der Waals surface area contributed by atoms with E-state index in [-0.39, 0.29) is 0 Å². The van der Waals surface area contributed by atoms with Crippen LogP contribution in [0.15, 0.2) is 37.8 Å². The average molecular weight is 256 g/mol. The normalized spacial score (nSPS) is 9.41. The van der Waals surface area contributed by atoms with E-state index in [1.165, 1.54) is 23.9 Å². The Kier molecular flexibility index (Phi) is 6.74. The molecule has 94 valence electrons. The quantitative estimate of drug-likeness (QED) is 0.476. The first-order valence-corrected chi connectivity index (χ1v) is 5.99. The van der Waals surface area contributed by atoms with E-state index >= 15 is 0 Å². The Morgan fingerprint density at radius 3 is 1.76 bits per heavy atom. The van der Waals surface area contributed by atoms with Gasteiger partial charge in [-0.3, -0.25) is 0 Å². The number of thiophene rings is 1. The number of rotatable bonds is 10. The summed E-state index contributed by atoms with van der Waals surface area (Å²) in [4.78, 5) is 0. The third kappa shape index (κ3) is 5.87. The van der Waals surface area contributed by atoms with Crippen LogP contribution in [0, 0.1) is 0 Å². The topological polar surface area (TPSA) is 36.9 Å². The average Bonchev–Trinajstić information content (AvgIpc) is 2.78. The first kappa shape index (κ1) is 13.4. The van der Waals surface area contributed by atoms with Gasteiger partial charge in [-0.2, -0.15) is 0 Å². The van der Waals surface area contributed by atoms with Gasteiger partial charge in [-0.05, 0) is 12.1 Å². The highest BCUT2D eigenvalue weighted by molar-refractivity contribution is 7.15. The lowest BCUT2D eigenvalue weighted by molar-refractivity contribution is 0.181. The molecule has 0 saturated heterocycles. The second-order valence-electron chi connectivity index (χ2n) is 2.85. The third-order valence-electron chi connectivity index (χ3n) is 1.68. The van der Waals surface area contributed by atoms with Crippen molar-refractivity contribution < 1.29 is 18.9 Å². The van der Waals surface area contributed by atoms with E-state index < -0.39 is 0 Å². The molecule has 1 aromatic rings. The Balaban J connectivity index is 2.18. The SMILES string of the molecule is C=COCCOc1ccc(OCCOC=C)s1. The summed E-state index contributed by atoms with van der Waals surface area (Å²) in [5.74, 6) is 0. The maximum atomic E-state index is 5.43. The number of hydrogen-bond donors (Lipinski definition) is 0. The highest BCUT2D eigenvalue weighted by Crippen LogP contribution is 2.30. The van der Waals surface area contributed by atoms with E-state index in [0.717, 1.165) is 10.1 Å². The Bertz CT molecular complexity index is 305. The molecular formula is C12H16O4S. The Hall–Kier alpha value is -1.62. The second kappa shape index (κ2) is 8.52. The van der Waals surface area contributed by atoms with Gasteiger partial charge >= 0.3 is 0 Å². The number of hydrogen-bond acceptors (Lipinski definition) is 5. The van der Waals surface area contributed by atoms with Crippen LogP contribution in [0.5, 0.6) is 10.1 Å². The molecule has 0 unspecified atom stereocenters. The minimum atomic E-state index is 0.491. The highest BCUT2D eigenvalue weighted by atomic mass is 32.1. The summed E-state index contributed by atoms with van der Waals surface area (Å²) < 4.78 is 20.7. The molecular weight excluding hydrogens is 240 g/mol. The third-order valence-corrected chi connectivity index (χ3v) is 2.59. The monoisotopic (exact) mass is 256 g/mol. The van der Waals surface area contributed by atoms with Gasteiger partial charge in [0.25, 0.3) is 0 Å². The Morgan fingerprint density at radius 1 is 0.882 bits per heavy atom. The van der Waals surface area contributed by atoms with Crippen LogP contribution < -0.4 is 9.47 Å². The molecule has 0 bridgehead atoms. The van der Waals surface area contributed by atoms with E-state index in [1.807, 2.05) is 12.1 Å². The lowest BCUT2D eigenvalue weighted by Gasteiger charge is -2.03. The Labute approximate surface area is 105 Å². The molecule has 0 aromatic carbocycles. The van der Waals surface area contributed by atoms with E-state index in [4.69, 9.17) is 18.9 Å². The highest BCUT2D eigenvalue weighted by Gasteiger charge is 2.01. The summed E-state index contributed by atoms with van der Waals surface area (Å²) in [5.41, 5.74) is 0. The molecule has 0 aliphatic heterocycles. The van der Waals surface area contributed by atoms with Crippen molar-refractivity contribution in [2.75, 3.05) is 26.4 Å². The standard InChI is InChI=1S/C12H16O4S/c1-3-13-7-9-15-11-5-6-12(17-11)16-10-8-14-4-2/h3-6H,1-2,7-10H2. The van der Waals surface area contributed by atoms with Crippen LogP contribution in [-0.2, 0) is 9.47 Å². The molecule has 4 nitrogen and oxygen atoms in total. The molecule has 0 aliphatic rings. The summed E-state index contributed by atoms with van der Waals surface area (Å²) in [6.45, 7) is 8.85. The van der Waals surface area contributed by atoms with Crippen LogP contribution in [0.25, 0.3) is 0 Å².